The Labute approximate surface area is 144 Å². The van der Waals surface area contributed by atoms with Crippen LogP contribution in [0.15, 0.2) is 0 Å². The van der Waals surface area contributed by atoms with Gasteiger partial charge in [-0.2, -0.15) is 0 Å². The summed E-state index contributed by atoms with van der Waals surface area (Å²) in [6.45, 7) is 3.90. The van der Waals surface area contributed by atoms with E-state index in [1.165, 1.54) is 32.8 Å². The van der Waals surface area contributed by atoms with E-state index in [0.29, 0.717) is 0 Å². The predicted octanol–water partition coefficient (Wildman–Crippen LogP) is -0.247. The van der Waals surface area contributed by atoms with E-state index in [1.807, 2.05) is 0 Å². The summed E-state index contributed by atoms with van der Waals surface area (Å²) in [5, 5.41) is -0.0538. The molecule has 24 heavy (non-hydrogen) atoms. The number of carbonyl (C=O) groups is 3. The third-order valence-corrected chi connectivity index (χ3v) is 3.94. The quantitative estimate of drug-likeness (QED) is 0.497. The number of methoxy groups -OCH3 is 1. The molecule has 2 rings (SSSR count). The summed E-state index contributed by atoms with van der Waals surface area (Å²) in [6, 6.07) is 0. The third kappa shape index (κ3) is 3.82. The van der Waals surface area contributed by atoms with Gasteiger partial charge in [-0.15, -0.1) is 0 Å². The van der Waals surface area contributed by atoms with Crippen LogP contribution in [0.2, 0.25) is 0 Å². The lowest BCUT2D eigenvalue weighted by atomic mass is 9.96. The molecule has 10 heteroatoms. The largest absolute Gasteiger partial charge is 0.460 e. The van der Waals surface area contributed by atoms with Gasteiger partial charge in [0.05, 0.1) is 6.54 Å². The Morgan fingerprint density at radius 2 is 1.71 bits per heavy atom. The highest BCUT2D eigenvalue weighted by molar-refractivity contribution is 7.80. The van der Waals surface area contributed by atoms with Crippen molar-refractivity contribution in [2.75, 3.05) is 13.7 Å². The fraction of sp³-hybridized carbons (Fsp3) is 0.714. The average Bonchev–Trinajstić information content (AvgIpc) is 2.48. The highest BCUT2D eigenvalue weighted by Crippen LogP contribution is 2.32. The predicted molar refractivity (Wildman–Crippen MR) is 81.6 cm³/mol. The maximum Gasteiger partial charge on any atom is 0.303 e. The summed E-state index contributed by atoms with van der Waals surface area (Å²) in [5.41, 5.74) is 0. The molecule has 134 valence electrons. The summed E-state index contributed by atoms with van der Waals surface area (Å²) in [6.07, 6.45) is -4.48. The van der Waals surface area contributed by atoms with Crippen LogP contribution in [-0.4, -0.2) is 72.3 Å². The number of carbonyl (C=O) groups excluding carboxylic acids is 3. The van der Waals surface area contributed by atoms with E-state index in [1.54, 1.807) is 0 Å². The van der Waals surface area contributed by atoms with E-state index in [2.05, 4.69) is 0 Å². The zero-order valence-corrected chi connectivity index (χ0v) is 14.5. The minimum absolute atomic E-state index is 0.0538. The van der Waals surface area contributed by atoms with Gasteiger partial charge in [-0.1, -0.05) is 0 Å². The lowest BCUT2D eigenvalue weighted by Gasteiger charge is -2.48. The maximum absolute atomic E-state index is 11.6. The van der Waals surface area contributed by atoms with E-state index in [9.17, 15) is 14.4 Å². The van der Waals surface area contributed by atoms with E-state index < -0.39 is 42.6 Å². The molecule has 0 N–H and O–H groups in total. The van der Waals surface area contributed by atoms with Gasteiger partial charge in [0.2, 0.25) is 5.91 Å². The summed E-state index contributed by atoms with van der Waals surface area (Å²) in [7, 11) is 1.36. The minimum atomic E-state index is -1.02. The van der Waals surface area contributed by atoms with Crippen LogP contribution in [0, 0.1) is 0 Å². The van der Waals surface area contributed by atoms with Crippen molar-refractivity contribution in [1.29, 1.82) is 0 Å². The van der Waals surface area contributed by atoms with E-state index in [4.69, 9.17) is 35.9 Å². The first-order valence-electron chi connectivity index (χ1n) is 7.26. The van der Waals surface area contributed by atoms with Gasteiger partial charge in [-0.3, -0.25) is 19.3 Å². The number of rotatable bonds is 3. The van der Waals surface area contributed by atoms with Crippen LogP contribution in [0.1, 0.15) is 20.8 Å². The van der Waals surface area contributed by atoms with Crippen LogP contribution in [0.25, 0.3) is 0 Å². The summed E-state index contributed by atoms with van der Waals surface area (Å²) in [5.74, 6) is -1.48. The zero-order chi connectivity index (χ0) is 18.0. The average molecular weight is 361 g/mol. The summed E-state index contributed by atoms with van der Waals surface area (Å²) < 4.78 is 27.0. The molecule has 2 heterocycles. The van der Waals surface area contributed by atoms with Crippen molar-refractivity contribution >= 4 is 35.2 Å². The molecule has 0 aromatic carbocycles. The van der Waals surface area contributed by atoms with E-state index >= 15 is 0 Å². The second kappa shape index (κ2) is 7.41. The molecule has 0 spiro atoms. The molecule has 0 aliphatic carbocycles. The van der Waals surface area contributed by atoms with Gasteiger partial charge in [0, 0.05) is 27.9 Å². The van der Waals surface area contributed by atoms with Crippen LogP contribution in [-0.2, 0) is 38.1 Å². The van der Waals surface area contributed by atoms with Crippen LogP contribution >= 0.6 is 12.2 Å². The van der Waals surface area contributed by atoms with Crippen molar-refractivity contribution in [2.45, 2.75) is 51.5 Å². The van der Waals surface area contributed by atoms with Crippen molar-refractivity contribution in [3.63, 3.8) is 0 Å². The second-order valence-electron chi connectivity index (χ2n) is 5.40. The first kappa shape index (κ1) is 18.6. The summed E-state index contributed by atoms with van der Waals surface area (Å²) in [4.78, 5) is 35.7. The molecule has 2 aliphatic heterocycles. The Kier molecular flexibility index (Phi) is 5.73. The Bertz CT molecular complexity index is 553. The fourth-order valence-corrected chi connectivity index (χ4v) is 3.01. The van der Waals surface area contributed by atoms with Gasteiger partial charge in [-0.05, 0) is 12.2 Å². The van der Waals surface area contributed by atoms with Crippen LogP contribution in [0.5, 0.6) is 0 Å². The molecule has 2 fully saturated rings. The molecule has 0 aromatic rings. The summed E-state index contributed by atoms with van der Waals surface area (Å²) >= 11 is 5.07. The number of amides is 1. The molecule has 2 saturated heterocycles. The number of ether oxygens (including phenoxy) is 5. The highest BCUT2D eigenvalue weighted by Gasteiger charge is 2.54. The van der Waals surface area contributed by atoms with Crippen molar-refractivity contribution < 1.29 is 38.1 Å². The highest BCUT2D eigenvalue weighted by atomic mass is 32.1. The monoisotopic (exact) mass is 361 g/mol. The number of thiocarbonyl (C=S) groups is 1. The van der Waals surface area contributed by atoms with Crippen molar-refractivity contribution in [1.82, 2.24) is 4.90 Å². The molecule has 0 saturated carbocycles. The fourth-order valence-electron chi connectivity index (χ4n) is 2.69. The van der Waals surface area contributed by atoms with Gasteiger partial charge in [0.25, 0.3) is 5.17 Å². The van der Waals surface area contributed by atoms with E-state index in [-0.39, 0.29) is 17.6 Å². The van der Waals surface area contributed by atoms with Gasteiger partial charge in [0.15, 0.2) is 24.6 Å². The standard InChI is InChI=1S/C14H19NO8S/c1-6(16)15-5-9-10(23-14(15)24)11(20-7(2)17)12(21-8(3)18)13(19-4)22-9/h9-13H,5H2,1-4H3/t9-,10-,11+,12-,13-/m1/s1. The molecule has 5 atom stereocenters. The van der Waals surface area contributed by atoms with Gasteiger partial charge >= 0.3 is 11.9 Å². The van der Waals surface area contributed by atoms with Crippen LogP contribution in [0.3, 0.4) is 0 Å². The minimum Gasteiger partial charge on any atom is -0.460 e. The second-order valence-corrected chi connectivity index (χ2v) is 5.75. The lowest BCUT2D eigenvalue weighted by Crippen LogP contribution is -2.67. The van der Waals surface area contributed by atoms with Crippen molar-refractivity contribution in [3.05, 3.63) is 0 Å². The number of esters is 2. The topological polar surface area (TPSA) is 101 Å². The van der Waals surface area contributed by atoms with Crippen LogP contribution < -0.4 is 0 Å². The van der Waals surface area contributed by atoms with Crippen LogP contribution in [0.4, 0.5) is 0 Å². The number of nitrogens with zero attached hydrogens (tertiary/aromatic N) is 1. The Morgan fingerprint density at radius 3 is 2.21 bits per heavy atom. The molecule has 2 aliphatic rings. The normalized spacial score (nSPS) is 32.4. The van der Waals surface area contributed by atoms with Gasteiger partial charge in [-0.25, -0.2) is 0 Å². The molecular formula is C14H19NO8S. The number of fused-ring (bicyclic) bond motifs is 1. The SMILES string of the molecule is CO[C@@H]1O[C@@H]2CN(C(C)=O)C(=S)O[C@H]2[C@H](OC(C)=O)[C@H]1OC(C)=O. The molecule has 0 bridgehead atoms. The first-order valence-corrected chi connectivity index (χ1v) is 7.66. The molecule has 9 nitrogen and oxygen atoms in total. The zero-order valence-electron chi connectivity index (χ0n) is 13.7. The third-order valence-electron chi connectivity index (χ3n) is 3.63. The smallest absolute Gasteiger partial charge is 0.303 e. The Morgan fingerprint density at radius 1 is 1.12 bits per heavy atom. The Balaban J connectivity index is 2.31. The molecular weight excluding hydrogens is 342 g/mol. The number of hydrogen-bond donors (Lipinski definition) is 0. The van der Waals surface area contributed by atoms with Crippen molar-refractivity contribution in [3.8, 4) is 0 Å². The van der Waals surface area contributed by atoms with Gasteiger partial charge < -0.3 is 23.7 Å². The van der Waals surface area contributed by atoms with Crippen molar-refractivity contribution in [2.24, 2.45) is 0 Å². The number of hydrogen-bond acceptors (Lipinski definition) is 9. The maximum atomic E-state index is 11.6. The van der Waals surface area contributed by atoms with Gasteiger partial charge in [0.1, 0.15) is 6.10 Å². The molecule has 0 aromatic heterocycles. The molecule has 0 unspecified atom stereocenters. The van der Waals surface area contributed by atoms with E-state index in [0.717, 1.165) is 0 Å². The first-order chi connectivity index (χ1) is 11.2. The molecule has 1 amide bonds. The Hall–Kier alpha value is -1.78. The molecule has 0 radical (unpaired) electrons. The lowest BCUT2D eigenvalue weighted by molar-refractivity contribution is -0.299.